The summed E-state index contributed by atoms with van der Waals surface area (Å²) in [5.41, 5.74) is 1.55. The van der Waals surface area contributed by atoms with Gasteiger partial charge in [-0.2, -0.15) is 13.9 Å². The van der Waals surface area contributed by atoms with Gasteiger partial charge in [-0.1, -0.05) is 30.3 Å². The van der Waals surface area contributed by atoms with Crippen LogP contribution in [0.1, 0.15) is 5.56 Å². The van der Waals surface area contributed by atoms with Crippen LogP contribution in [-0.4, -0.2) is 27.3 Å². The Morgan fingerprint density at radius 3 is 2.69 bits per heavy atom. The highest BCUT2D eigenvalue weighted by atomic mass is 19.3. The number of carbonyl (C=O) groups is 1. The smallest absolute Gasteiger partial charge is 0.387 e. The molecule has 0 atom stereocenters. The van der Waals surface area contributed by atoms with Crippen molar-refractivity contribution in [3.63, 3.8) is 0 Å². The number of hydrogen-bond acceptors (Lipinski definition) is 4. The molecule has 0 fully saturated rings. The molecule has 1 heterocycles. The number of nitrogens with zero attached hydrogens (tertiary/aromatic N) is 3. The summed E-state index contributed by atoms with van der Waals surface area (Å²) in [7, 11) is 0. The highest BCUT2D eigenvalue weighted by molar-refractivity contribution is 6.03. The predicted octanol–water partition coefficient (Wildman–Crippen LogP) is 3.52. The highest BCUT2D eigenvalue weighted by Crippen LogP contribution is 2.22. The molecule has 3 rings (SSSR count). The fourth-order valence-corrected chi connectivity index (χ4v) is 2.27. The summed E-state index contributed by atoms with van der Waals surface area (Å²) >= 11 is 0. The normalized spacial score (nSPS) is 11.0. The standard InChI is InChI=1S/C18H14F2N4O2/c19-18(20)26-16-8-4-1-5-13(16)9-10-17(25)23-14-6-2-3-7-15(14)24-12-21-11-22-24/h1-12,18H,(H,23,25)/b10-9+. The number of benzene rings is 2. The van der Waals surface area contributed by atoms with Crippen LogP contribution in [0.5, 0.6) is 5.75 Å². The minimum absolute atomic E-state index is 0.00503. The van der Waals surface area contributed by atoms with E-state index < -0.39 is 12.5 Å². The highest BCUT2D eigenvalue weighted by Gasteiger charge is 2.09. The zero-order chi connectivity index (χ0) is 18.4. The Hall–Kier alpha value is -3.55. The Labute approximate surface area is 147 Å². The van der Waals surface area contributed by atoms with E-state index in [0.29, 0.717) is 16.9 Å². The number of hydrogen-bond donors (Lipinski definition) is 1. The van der Waals surface area contributed by atoms with E-state index in [-0.39, 0.29) is 5.75 Å². The second-order valence-electron chi connectivity index (χ2n) is 5.10. The van der Waals surface area contributed by atoms with Gasteiger partial charge in [-0.05, 0) is 24.3 Å². The van der Waals surface area contributed by atoms with Gasteiger partial charge in [-0.3, -0.25) is 4.79 Å². The number of anilines is 1. The minimum atomic E-state index is -2.94. The predicted molar refractivity (Wildman–Crippen MR) is 92.1 cm³/mol. The van der Waals surface area contributed by atoms with Gasteiger partial charge in [-0.25, -0.2) is 9.67 Å². The van der Waals surface area contributed by atoms with Gasteiger partial charge in [-0.15, -0.1) is 0 Å². The van der Waals surface area contributed by atoms with Gasteiger partial charge >= 0.3 is 6.61 Å². The molecule has 0 bridgehead atoms. The van der Waals surface area contributed by atoms with Gasteiger partial charge in [0, 0.05) is 11.6 Å². The summed E-state index contributed by atoms with van der Waals surface area (Å²) in [4.78, 5) is 16.1. The molecule has 8 heteroatoms. The van der Waals surface area contributed by atoms with E-state index in [2.05, 4.69) is 20.1 Å². The number of halogens is 2. The van der Waals surface area contributed by atoms with Crippen molar-refractivity contribution in [2.75, 3.05) is 5.32 Å². The van der Waals surface area contributed by atoms with Gasteiger partial charge in [0.25, 0.3) is 0 Å². The van der Waals surface area contributed by atoms with Crippen LogP contribution in [0.15, 0.2) is 67.3 Å². The summed E-state index contributed by atoms with van der Waals surface area (Å²) in [6.07, 6.45) is 5.55. The average molecular weight is 356 g/mol. The van der Waals surface area contributed by atoms with E-state index in [1.807, 2.05) is 0 Å². The number of para-hydroxylation sites is 3. The fourth-order valence-electron chi connectivity index (χ4n) is 2.27. The molecule has 0 unspecified atom stereocenters. The summed E-state index contributed by atoms with van der Waals surface area (Å²) in [5, 5.41) is 6.76. The van der Waals surface area contributed by atoms with Crippen molar-refractivity contribution in [3.05, 3.63) is 72.8 Å². The Bertz CT molecular complexity index is 911. The van der Waals surface area contributed by atoms with Gasteiger partial charge < -0.3 is 10.1 Å². The average Bonchev–Trinajstić information content (AvgIpc) is 3.15. The first-order valence-corrected chi connectivity index (χ1v) is 7.60. The van der Waals surface area contributed by atoms with Gasteiger partial charge in [0.05, 0.1) is 11.4 Å². The van der Waals surface area contributed by atoms with Crippen LogP contribution in [0, 0.1) is 0 Å². The van der Waals surface area contributed by atoms with Gasteiger partial charge in [0.15, 0.2) is 0 Å². The van der Waals surface area contributed by atoms with Crippen molar-refractivity contribution in [2.24, 2.45) is 0 Å². The number of alkyl halides is 2. The van der Waals surface area contributed by atoms with Crippen LogP contribution in [0.4, 0.5) is 14.5 Å². The van der Waals surface area contributed by atoms with E-state index in [4.69, 9.17) is 0 Å². The van der Waals surface area contributed by atoms with Crippen molar-refractivity contribution in [2.45, 2.75) is 6.61 Å². The van der Waals surface area contributed by atoms with Crippen LogP contribution in [0.3, 0.4) is 0 Å². The lowest BCUT2D eigenvalue weighted by molar-refractivity contribution is -0.111. The molecule has 0 saturated heterocycles. The molecule has 2 aromatic carbocycles. The Balaban J connectivity index is 1.76. The van der Waals surface area contributed by atoms with Crippen LogP contribution >= 0.6 is 0 Å². The molecule has 3 aromatic rings. The van der Waals surface area contributed by atoms with E-state index in [0.717, 1.165) is 0 Å². The molecule has 1 N–H and O–H groups in total. The zero-order valence-corrected chi connectivity index (χ0v) is 13.4. The van der Waals surface area contributed by atoms with Gasteiger partial charge in [0.1, 0.15) is 18.4 Å². The molecule has 26 heavy (non-hydrogen) atoms. The van der Waals surface area contributed by atoms with Crippen molar-refractivity contribution in [1.82, 2.24) is 14.8 Å². The molecule has 0 spiro atoms. The van der Waals surface area contributed by atoms with Gasteiger partial charge in [0.2, 0.25) is 5.91 Å². The van der Waals surface area contributed by atoms with Crippen molar-refractivity contribution in [1.29, 1.82) is 0 Å². The van der Waals surface area contributed by atoms with Crippen molar-refractivity contribution in [3.8, 4) is 11.4 Å². The third kappa shape index (κ3) is 4.29. The summed E-state index contributed by atoms with van der Waals surface area (Å²) in [6.45, 7) is -2.94. The summed E-state index contributed by atoms with van der Waals surface area (Å²) in [5.74, 6) is -0.431. The molecule has 0 aliphatic carbocycles. The zero-order valence-electron chi connectivity index (χ0n) is 13.4. The van der Waals surface area contributed by atoms with E-state index in [1.165, 1.54) is 35.6 Å². The number of carbonyl (C=O) groups excluding carboxylic acids is 1. The molecule has 0 aliphatic rings. The molecule has 1 aromatic heterocycles. The van der Waals surface area contributed by atoms with Crippen LogP contribution in [-0.2, 0) is 4.79 Å². The van der Waals surface area contributed by atoms with E-state index >= 15 is 0 Å². The molecular weight excluding hydrogens is 342 g/mol. The Morgan fingerprint density at radius 1 is 1.15 bits per heavy atom. The number of amides is 1. The summed E-state index contributed by atoms with van der Waals surface area (Å²) < 4.78 is 30.8. The molecule has 0 saturated carbocycles. The maximum atomic E-state index is 12.4. The number of nitrogens with one attached hydrogen (secondary N) is 1. The third-order valence-corrected chi connectivity index (χ3v) is 3.38. The van der Waals surface area contributed by atoms with E-state index in [1.54, 1.807) is 42.5 Å². The minimum Gasteiger partial charge on any atom is -0.434 e. The Kier molecular flexibility index (Phi) is 5.33. The monoisotopic (exact) mass is 356 g/mol. The van der Waals surface area contributed by atoms with Crippen LogP contribution in [0.25, 0.3) is 11.8 Å². The topological polar surface area (TPSA) is 69.0 Å². The first-order valence-electron chi connectivity index (χ1n) is 7.60. The maximum absolute atomic E-state index is 12.4. The largest absolute Gasteiger partial charge is 0.434 e. The number of aromatic nitrogens is 3. The van der Waals surface area contributed by atoms with E-state index in [9.17, 15) is 13.6 Å². The lowest BCUT2D eigenvalue weighted by Crippen LogP contribution is -2.11. The molecule has 132 valence electrons. The molecule has 6 nitrogen and oxygen atoms in total. The number of ether oxygens (including phenoxy) is 1. The fraction of sp³-hybridized carbons (Fsp3) is 0.0556. The lowest BCUT2D eigenvalue weighted by Gasteiger charge is -2.09. The molecule has 0 aliphatic heterocycles. The molecule has 0 radical (unpaired) electrons. The lowest BCUT2D eigenvalue weighted by atomic mass is 10.2. The van der Waals surface area contributed by atoms with Crippen LogP contribution < -0.4 is 10.1 Å². The number of rotatable bonds is 6. The van der Waals surface area contributed by atoms with Crippen molar-refractivity contribution < 1.29 is 18.3 Å². The third-order valence-electron chi connectivity index (χ3n) is 3.38. The first-order chi connectivity index (χ1) is 12.6. The SMILES string of the molecule is O=C(/C=C/c1ccccc1OC(F)F)Nc1ccccc1-n1cncn1. The van der Waals surface area contributed by atoms with Crippen molar-refractivity contribution >= 4 is 17.7 Å². The van der Waals surface area contributed by atoms with Crippen LogP contribution in [0.2, 0.25) is 0 Å². The molecule has 1 amide bonds. The first kappa shape index (κ1) is 17.3. The second kappa shape index (κ2) is 8.02. The molecular formula is C18H14F2N4O2. The maximum Gasteiger partial charge on any atom is 0.387 e. The quantitative estimate of drug-likeness (QED) is 0.686. The Morgan fingerprint density at radius 2 is 1.92 bits per heavy atom. The summed E-state index contributed by atoms with van der Waals surface area (Å²) in [6, 6.07) is 13.3. The second-order valence-corrected chi connectivity index (χ2v) is 5.10.